The summed E-state index contributed by atoms with van der Waals surface area (Å²) in [6.07, 6.45) is 1.08. The molecular formula is C12H17NO4. The molecule has 0 bridgehead atoms. The molecule has 0 aliphatic carbocycles. The Bertz CT molecular complexity index is 375. The number of aliphatic hydroxyl groups excluding tert-OH is 1. The fourth-order valence-corrected chi connectivity index (χ4v) is 1.28. The van der Waals surface area contributed by atoms with E-state index in [1.165, 1.54) is 7.11 Å². The van der Waals surface area contributed by atoms with Crippen molar-refractivity contribution in [2.75, 3.05) is 27.9 Å². The third-order valence-electron chi connectivity index (χ3n) is 2.23. The molecule has 0 aromatic heterocycles. The molecule has 0 aliphatic rings. The number of benzene rings is 1. The highest BCUT2D eigenvalue weighted by atomic mass is 16.5. The van der Waals surface area contributed by atoms with Gasteiger partial charge in [0.05, 0.1) is 20.8 Å². The first kappa shape index (κ1) is 13.5. The van der Waals surface area contributed by atoms with Gasteiger partial charge in [0.2, 0.25) is 0 Å². The SMILES string of the molecule is COc1ccc(C=NC(CO)OC)cc1OC. The van der Waals surface area contributed by atoms with Crippen molar-refractivity contribution in [1.29, 1.82) is 0 Å². The summed E-state index contributed by atoms with van der Waals surface area (Å²) in [5, 5.41) is 8.90. The van der Waals surface area contributed by atoms with Gasteiger partial charge in [0.25, 0.3) is 0 Å². The Morgan fingerprint density at radius 1 is 1.24 bits per heavy atom. The van der Waals surface area contributed by atoms with Crippen molar-refractivity contribution in [1.82, 2.24) is 0 Å². The van der Waals surface area contributed by atoms with Crippen LogP contribution in [0, 0.1) is 0 Å². The highest BCUT2D eigenvalue weighted by Crippen LogP contribution is 2.26. The zero-order valence-corrected chi connectivity index (χ0v) is 10.2. The average molecular weight is 239 g/mol. The highest BCUT2D eigenvalue weighted by Gasteiger charge is 2.04. The first-order valence-electron chi connectivity index (χ1n) is 5.14. The van der Waals surface area contributed by atoms with Crippen LogP contribution in [0.5, 0.6) is 11.5 Å². The van der Waals surface area contributed by atoms with E-state index in [1.54, 1.807) is 32.6 Å². The third-order valence-corrected chi connectivity index (χ3v) is 2.23. The Balaban J connectivity index is 2.85. The van der Waals surface area contributed by atoms with Crippen LogP contribution in [-0.2, 0) is 4.74 Å². The Kier molecular flexibility index (Phi) is 5.45. The minimum absolute atomic E-state index is 0.152. The van der Waals surface area contributed by atoms with Gasteiger partial charge in [-0.05, 0) is 23.8 Å². The van der Waals surface area contributed by atoms with Crippen LogP contribution in [0.25, 0.3) is 0 Å². The minimum atomic E-state index is -0.539. The van der Waals surface area contributed by atoms with E-state index in [0.717, 1.165) is 5.56 Å². The molecule has 0 heterocycles. The van der Waals surface area contributed by atoms with Crippen molar-refractivity contribution >= 4 is 6.21 Å². The predicted molar refractivity (Wildman–Crippen MR) is 65.0 cm³/mol. The zero-order valence-electron chi connectivity index (χ0n) is 10.2. The molecule has 5 nitrogen and oxygen atoms in total. The topological polar surface area (TPSA) is 60.3 Å². The molecule has 0 spiro atoms. The van der Waals surface area contributed by atoms with Crippen molar-refractivity contribution in [3.05, 3.63) is 23.8 Å². The van der Waals surface area contributed by atoms with Crippen LogP contribution < -0.4 is 9.47 Å². The van der Waals surface area contributed by atoms with E-state index in [2.05, 4.69) is 4.99 Å². The lowest BCUT2D eigenvalue weighted by Crippen LogP contribution is -2.12. The maximum Gasteiger partial charge on any atom is 0.170 e. The molecule has 0 fully saturated rings. The smallest absolute Gasteiger partial charge is 0.170 e. The van der Waals surface area contributed by atoms with E-state index in [4.69, 9.17) is 19.3 Å². The van der Waals surface area contributed by atoms with Gasteiger partial charge in [-0.15, -0.1) is 0 Å². The molecule has 1 atom stereocenters. The van der Waals surface area contributed by atoms with Crippen molar-refractivity contribution in [3.8, 4) is 11.5 Å². The molecule has 17 heavy (non-hydrogen) atoms. The Morgan fingerprint density at radius 2 is 1.94 bits per heavy atom. The van der Waals surface area contributed by atoms with Crippen LogP contribution >= 0.6 is 0 Å². The standard InChI is InChI=1S/C12H17NO4/c1-15-10-5-4-9(6-11(10)16-2)7-13-12(8-14)17-3/h4-7,12,14H,8H2,1-3H3. The number of ether oxygens (including phenoxy) is 3. The summed E-state index contributed by atoms with van der Waals surface area (Å²) in [4.78, 5) is 4.07. The van der Waals surface area contributed by atoms with Crippen LogP contribution in [-0.4, -0.2) is 45.5 Å². The second-order valence-electron chi connectivity index (χ2n) is 3.27. The molecule has 0 amide bonds. The van der Waals surface area contributed by atoms with E-state index in [0.29, 0.717) is 11.5 Å². The van der Waals surface area contributed by atoms with Gasteiger partial charge >= 0.3 is 0 Å². The maximum absolute atomic E-state index is 8.90. The van der Waals surface area contributed by atoms with Crippen LogP contribution in [0.3, 0.4) is 0 Å². The van der Waals surface area contributed by atoms with E-state index < -0.39 is 6.23 Å². The van der Waals surface area contributed by atoms with Gasteiger partial charge in [-0.3, -0.25) is 4.99 Å². The number of rotatable bonds is 6. The number of methoxy groups -OCH3 is 3. The maximum atomic E-state index is 8.90. The summed E-state index contributed by atoms with van der Waals surface area (Å²) >= 11 is 0. The van der Waals surface area contributed by atoms with E-state index >= 15 is 0 Å². The van der Waals surface area contributed by atoms with Crippen molar-refractivity contribution in [2.45, 2.75) is 6.23 Å². The Hall–Kier alpha value is -1.59. The summed E-state index contributed by atoms with van der Waals surface area (Å²) in [6, 6.07) is 5.43. The summed E-state index contributed by atoms with van der Waals surface area (Å²) < 4.78 is 15.2. The molecule has 1 aromatic carbocycles. The quantitative estimate of drug-likeness (QED) is 0.755. The van der Waals surface area contributed by atoms with Gasteiger partial charge < -0.3 is 19.3 Å². The number of aliphatic hydroxyl groups is 1. The van der Waals surface area contributed by atoms with Gasteiger partial charge in [0.1, 0.15) is 0 Å². The van der Waals surface area contributed by atoms with E-state index in [9.17, 15) is 0 Å². The second kappa shape index (κ2) is 6.88. The molecular weight excluding hydrogens is 222 g/mol. The predicted octanol–water partition coefficient (Wildman–Crippen LogP) is 1.09. The normalized spacial score (nSPS) is 12.7. The summed E-state index contributed by atoms with van der Waals surface area (Å²) in [5.41, 5.74) is 0.846. The lowest BCUT2D eigenvalue weighted by Gasteiger charge is -2.08. The fourth-order valence-electron chi connectivity index (χ4n) is 1.28. The molecule has 1 N–H and O–H groups in total. The minimum Gasteiger partial charge on any atom is -0.493 e. The first-order valence-corrected chi connectivity index (χ1v) is 5.14. The number of nitrogens with zero attached hydrogens (tertiary/aromatic N) is 1. The Labute approximate surface area is 101 Å². The van der Waals surface area contributed by atoms with Crippen molar-refractivity contribution < 1.29 is 19.3 Å². The van der Waals surface area contributed by atoms with Crippen LogP contribution in [0.1, 0.15) is 5.56 Å². The molecule has 0 saturated heterocycles. The summed E-state index contributed by atoms with van der Waals surface area (Å²) in [7, 11) is 4.65. The second-order valence-corrected chi connectivity index (χ2v) is 3.27. The summed E-state index contributed by atoms with van der Waals surface area (Å²) in [6.45, 7) is -0.152. The molecule has 1 aromatic rings. The fraction of sp³-hybridized carbons (Fsp3) is 0.417. The molecule has 0 radical (unpaired) electrons. The lowest BCUT2D eigenvalue weighted by molar-refractivity contribution is 0.0560. The van der Waals surface area contributed by atoms with E-state index in [-0.39, 0.29) is 6.61 Å². The Morgan fingerprint density at radius 3 is 2.47 bits per heavy atom. The van der Waals surface area contributed by atoms with Gasteiger partial charge in [0, 0.05) is 13.3 Å². The lowest BCUT2D eigenvalue weighted by atomic mass is 10.2. The van der Waals surface area contributed by atoms with Gasteiger partial charge in [-0.1, -0.05) is 0 Å². The number of hydrogen-bond donors (Lipinski definition) is 1. The van der Waals surface area contributed by atoms with E-state index in [1.807, 2.05) is 6.07 Å². The molecule has 0 aliphatic heterocycles. The van der Waals surface area contributed by atoms with Crippen molar-refractivity contribution in [2.24, 2.45) is 4.99 Å². The van der Waals surface area contributed by atoms with Gasteiger partial charge in [0.15, 0.2) is 17.7 Å². The molecule has 1 rings (SSSR count). The van der Waals surface area contributed by atoms with Crippen LogP contribution in [0.4, 0.5) is 0 Å². The zero-order chi connectivity index (χ0) is 12.7. The monoisotopic (exact) mass is 239 g/mol. The number of hydrogen-bond acceptors (Lipinski definition) is 5. The summed E-state index contributed by atoms with van der Waals surface area (Å²) in [5.74, 6) is 1.30. The molecule has 0 saturated carbocycles. The molecule has 1 unspecified atom stereocenters. The number of aliphatic imine (C=N–C) groups is 1. The third kappa shape index (κ3) is 3.72. The van der Waals surface area contributed by atoms with Crippen LogP contribution in [0.15, 0.2) is 23.2 Å². The molecule has 94 valence electrons. The average Bonchev–Trinajstić information content (AvgIpc) is 2.39. The van der Waals surface area contributed by atoms with Crippen molar-refractivity contribution in [3.63, 3.8) is 0 Å². The van der Waals surface area contributed by atoms with Crippen LogP contribution in [0.2, 0.25) is 0 Å². The largest absolute Gasteiger partial charge is 0.493 e. The van der Waals surface area contributed by atoms with Gasteiger partial charge in [-0.25, -0.2) is 0 Å². The highest BCUT2D eigenvalue weighted by molar-refractivity contribution is 5.81. The molecule has 5 heteroatoms. The van der Waals surface area contributed by atoms with Gasteiger partial charge in [-0.2, -0.15) is 0 Å². The first-order chi connectivity index (χ1) is 8.24.